The third-order valence-electron chi connectivity index (χ3n) is 2.93. The lowest BCUT2D eigenvalue weighted by molar-refractivity contribution is 0.273. The summed E-state index contributed by atoms with van der Waals surface area (Å²) < 4.78 is 23.7. The van der Waals surface area contributed by atoms with E-state index in [-0.39, 0.29) is 18.2 Å². The molecule has 19 heavy (non-hydrogen) atoms. The van der Waals surface area contributed by atoms with Gasteiger partial charge in [-0.15, -0.1) is 0 Å². The van der Waals surface area contributed by atoms with Gasteiger partial charge in [0.2, 0.25) is 12.2 Å². The van der Waals surface area contributed by atoms with E-state index < -0.39 is 0 Å². The Hall–Kier alpha value is -1.95. The maximum Gasteiger partial charge on any atom is 0.213 e. The molecule has 1 aromatic carbocycles. The fraction of sp³-hybridized carbons (Fsp3) is 0.385. The summed E-state index contributed by atoms with van der Waals surface area (Å²) in [5.74, 6) is 0.206. The molecule has 1 N–H and O–H groups in total. The standard InChI is InChI=1S/C13H14FN3O2/c14-11-5-9(6-15-10-2-3-10)1-4-12(11)18-7-13-16-8-19-17-13/h1,4-5,8,10,15H,2-3,6-7H2. The van der Waals surface area contributed by atoms with Gasteiger partial charge in [0.1, 0.15) is 0 Å². The second kappa shape index (κ2) is 5.36. The molecule has 0 unspecified atom stereocenters. The van der Waals surface area contributed by atoms with Crippen LogP contribution in [0.2, 0.25) is 0 Å². The quantitative estimate of drug-likeness (QED) is 0.864. The van der Waals surface area contributed by atoms with E-state index in [1.165, 1.54) is 25.3 Å². The summed E-state index contributed by atoms with van der Waals surface area (Å²) in [6.45, 7) is 0.778. The van der Waals surface area contributed by atoms with Crippen molar-refractivity contribution < 1.29 is 13.7 Å². The van der Waals surface area contributed by atoms with Crippen LogP contribution in [0.25, 0.3) is 0 Å². The van der Waals surface area contributed by atoms with Crippen LogP contribution >= 0.6 is 0 Å². The van der Waals surface area contributed by atoms with Gasteiger partial charge in [-0.1, -0.05) is 11.2 Å². The number of aromatic nitrogens is 2. The third kappa shape index (κ3) is 3.29. The average molecular weight is 263 g/mol. The minimum atomic E-state index is -0.376. The molecule has 6 heteroatoms. The highest BCUT2D eigenvalue weighted by Gasteiger charge is 2.20. The smallest absolute Gasteiger partial charge is 0.213 e. The first-order valence-electron chi connectivity index (χ1n) is 6.21. The summed E-state index contributed by atoms with van der Waals surface area (Å²) >= 11 is 0. The molecule has 0 amide bonds. The zero-order valence-electron chi connectivity index (χ0n) is 10.3. The Balaban J connectivity index is 1.58. The monoisotopic (exact) mass is 263 g/mol. The van der Waals surface area contributed by atoms with Gasteiger partial charge in [0, 0.05) is 12.6 Å². The number of hydrogen-bond acceptors (Lipinski definition) is 5. The van der Waals surface area contributed by atoms with E-state index in [0.717, 1.165) is 5.56 Å². The van der Waals surface area contributed by atoms with Crippen LogP contribution in [0.15, 0.2) is 29.1 Å². The Morgan fingerprint density at radius 3 is 3.00 bits per heavy atom. The van der Waals surface area contributed by atoms with Crippen molar-refractivity contribution >= 4 is 0 Å². The van der Waals surface area contributed by atoms with Gasteiger partial charge in [-0.2, -0.15) is 4.98 Å². The second-order valence-electron chi connectivity index (χ2n) is 4.56. The number of halogens is 1. The molecule has 0 saturated heterocycles. The molecule has 0 spiro atoms. The molecule has 1 heterocycles. The Bertz CT molecular complexity index is 541. The van der Waals surface area contributed by atoms with Crippen molar-refractivity contribution in [1.82, 2.24) is 15.5 Å². The summed E-state index contributed by atoms with van der Waals surface area (Å²) in [7, 11) is 0. The molecule has 100 valence electrons. The van der Waals surface area contributed by atoms with E-state index in [0.29, 0.717) is 18.4 Å². The van der Waals surface area contributed by atoms with Crippen molar-refractivity contribution in [2.45, 2.75) is 32.0 Å². The van der Waals surface area contributed by atoms with Gasteiger partial charge in [-0.25, -0.2) is 4.39 Å². The highest BCUT2D eigenvalue weighted by Crippen LogP contribution is 2.22. The maximum atomic E-state index is 13.8. The Labute approximate surface area is 109 Å². The normalized spacial score (nSPS) is 14.6. The molecule has 1 saturated carbocycles. The first-order chi connectivity index (χ1) is 9.31. The van der Waals surface area contributed by atoms with Gasteiger partial charge in [0.05, 0.1) is 0 Å². The zero-order valence-corrected chi connectivity index (χ0v) is 10.3. The number of nitrogens with zero attached hydrogens (tertiary/aromatic N) is 2. The number of rotatable bonds is 6. The van der Waals surface area contributed by atoms with Crippen molar-refractivity contribution in [2.24, 2.45) is 0 Å². The summed E-state index contributed by atoms with van der Waals surface area (Å²) in [5, 5.41) is 6.92. The number of nitrogens with one attached hydrogen (secondary N) is 1. The fourth-order valence-corrected chi connectivity index (χ4v) is 1.72. The minimum Gasteiger partial charge on any atom is -0.482 e. The summed E-state index contributed by atoms with van der Waals surface area (Å²) in [6.07, 6.45) is 3.64. The van der Waals surface area contributed by atoms with Crippen LogP contribution in [-0.2, 0) is 13.2 Å². The summed E-state index contributed by atoms with van der Waals surface area (Å²) in [4.78, 5) is 3.80. The van der Waals surface area contributed by atoms with Crippen LogP contribution in [0.1, 0.15) is 24.2 Å². The van der Waals surface area contributed by atoms with E-state index in [4.69, 9.17) is 4.74 Å². The highest BCUT2D eigenvalue weighted by molar-refractivity contribution is 5.29. The first-order valence-corrected chi connectivity index (χ1v) is 6.21. The van der Waals surface area contributed by atoms with E-state index >= 15 is 0 Å². The molecule has 3 rings (SSSR count). The molecule has 0 atom stereocenters. The van der Waals surface area contributed by atoms with E-state index in [1.807, 2.05) is 6.07 Å². The van der Waals surface area contributed by atoms with Crippen LogP contribution in [0, 0.1) is 5.82 Å². The summed E-state index contributed by atoms with van der Waals surface area (Å²) in [6, 6.07) is 5.57. The van der Waals surface area contributed by atoms with Crippen LogP contribution in [-0.4, -0.2) is 16.2 Å². The Morgan fingerprint density at radius 2 is 2.32 bits per heavy atom. The molecule has 1 aliphatic rings. The lowest BCUT2D eigenvalue weighted by Crippen LogP contribution is -2.15. The van der Waals surface area contributed by atoms with Crippen LogP contribution in [0.3, 0.4) is 0 Å². The molecule has 1 aliphatic carbocycles. The van der Waals surface area contributed by atoms with Crippen molar-refractivity contribution in [3.63, 3.8) is 0 Å². The SMILES string of the molecule is Fc1cc(CNC2CC2)ccc1OCc1ncon1. The zero-order chi connectivity index (χ0) is 13.1. The van der Waals surface area contributed by atoms with Crippen molar-refractivity contribution in [3.05, 3.63) is 41.8 Å². The maximum absolute atomic E-state index is 13.8. The van der Waals surface area contributed by atoms with E-state index in [9.17, 15) is 4.39 Å². The van der Waals surface area contributed by atoms with Crippen molar-refractivity contribution in [1.29, 1.82) is 0 Å². The molecule has 2 aromatic rings. The first kappa shape index (κ1) is 12.1. The van der Waals surface area contributed by atoms with Gasteiger partial charge >= 0.3 is 0 Å². The van der Waals surface area contributed by atoms with Gasteiger partial charge < -0.3 is 14.6 Å². The molecule has 0 radical (unpaired) electrons. The molecular weight excluding hydrogens is 249 g/mol. The number of ether oxygens (including phenoxy) is 1. The average Bonchev–Trinajstić information content (AvgIpc) is 3.10. The second-order valence-corrected chi connectivity index (χ2v) is 4.56. The third-order valence-corrected chi connectivity index (χ3v) is 2.93. The van der Waals surface area contributed by atoms with E-state index in [2.05, 4.69) is 20.0 Å². The number of benzene rings is 1. The lowest BCUT2D eigenvalue weighted by atomic mass is 10.2. The predicted molar refractivity (Wildman–Crippen MR) is 64.9 cm³/mol. The predicted octanol–water partition coefficient (Wildman–Crippen LogP) is 2.04. The van der Waals surface area contributed by atoms with E-state index in [1.54, 1.807) is 6.07 Å². The van der Waals surface area contributed by atoms with Crippen LogP contribution < -0.4 is 10.1 Å². The molecule has 1 aromatic heterocycles. The Kier molecular flexibility index (Phi) is 3.41. The lowest BCUT2D eigenvalue weighted by Gasteiger charge is -2.07. The summed E-state index contributed by atoms with van der Waals surface area (Å²) in [5.41, 5.74) is 0.913. The molecule has 0 bridgehead atoms. The molecular formula is C13H14FN3O2. The van der Waals surface area contributed by atoms with Crippen LogP contribution in [0.4, 0.5) is 4.39 Å². The molecule has 5 nitrogen and oxygen atoms in total. The number of hydrogen-bond donors (Lipinski definition) is 1. The Morgan fingerprint density at radius 1 is 1.42 bits per heavy atom. The highest BCUT2D eigenvalue weighted by atomic mass is 19.1. The van der Waals surface area contributed by atoms with Gasteiger partial charge in [0.25, 0.3) is 0 Å². The van der Waals surface area contributed by atoms with Crippen molar-refractivity contribution in [2.75, 3.05) is 0 Å². The van der Waals surface area contributed by atoms with Crippen LogP contribution in [0.5, 0.6) is 5.75 Å². The fourth-order valence-electron chi connectivity index (χ4n) is 1.72. The molecule has 1 fully saturated rings. The van der Waals surface area contributed by atoms with Gasteiger partial charge in [-0.05, 0) is 30.5 Å². The largest absolute Gasteiger partial charge is 0.482 e. The minimum absolute atomic E-state index is 0.0904. The van der Waals surface area contributed by atoms with Gasteiger partial charge in [0.15, 0.2) is 18.2 Å². The topological polar surface area (TPSA) is 60.2 Å². The molecule has 0 aliphatic heterocycles. The van der Waals surface area contributed by atoms with Crippen molar-refractivity contribution in [3.8, 4) is 5.75 Å². The van der Waals surface area contributed by atoms with Gasteiger partial charge in [-0.3, -0.25) is 0 Å².